The Hall–Kier alpha value is 0.137. The molecule has 0 saturated carbocycles. The van der Waals surface area contributed by atoms with Crippen LogP contribution in [0.15, 0.2) is 0 Å². The highest BCUT2D eigenvalue weighted by molar-refractivity contribution is 6.68. The first-order chi connectivity index (χ1) is 4.41. The Labute approximate surface area is 56.4 Å². The molecule has 1 spiro atoms. The van der Waals surface area contributed by atoms with Gasteiger partial charge in [-0.25, -0.2) is 0 Å². The first-order valence-corrected chi connectivity index (χ1v) is 5.92. The van der Waals surface area contributed by atoms with Crippen LogP contribution >= 0.6 is 0 Å². The van der Waals surface area contributed by atoms with Gasteiger partial charge in [0.25, 0.3) is 0 Å². The van der Waals surface area contributed by atoms with Crippen LogP contribution in [-0.4, -0.2) is 21.8 Å². The first-order valence-electron chi connectivity index (χ1n) is 3.69. The fraction of sp³-hybridized carbons (Fsp3) is 1.00. The maximum atomic E-state index is 5.62. The van der Waals surface area contributed by atoms with Crippen LogP contribution < -0.4 is 0 Å². The van der Waals surface area contributed by atoms with Crippen molar-refractivity contribution in [3.8, 4) is 0 Å². The van der Waals surface area contributed by atoms with E-state index in [1.165, 1.54) is 24.9 Å². The van der Waals surface area contributed by atoms with Gasteiger partial charge in [-0.1, -0.05) is 12.8 Å². The fourth-order valence-electron chi connectivity index (χ4n) is 1.70. The minimum absolute atomic E-state index is 0.867. The van der Waals surface area contributed by atoms with Crippen molar-refractivity contribution in [1.29, 1.82) is 0 Å². The summed E-state index contributed by atoms with van der Waals surface area (Å²) in [5.41, 5.74) is 0. The van der Waals surface area contributed by atoms with Gasteiger partial charge < -0.3 is 8.85 Å². The number of hydrogen-bond donors (Lipinski definition) is 0. The van der Waals surface area contributed by atoms with E-state index in [4.69, 9.17) is 8.85 Å². The Kier molecular flexibility index (Phi) is 1.36. The van der Waals surface area contributed by atoms with Gasteiger partial charge in [0, 0.05) is 0 Å². The molecule has 0 aliphatic carbocycles. The topological polar surface area (TPSA) is 18.5 Å². The molecule has 0 bridgehead atoms. The second-order valence-corrected chi connectivity index (χ2v) is 6.21. The molecule has 3 heteroatoms. The molecule has 0 atom stereocenters. The van der Waals surface area contributed by atoms with Crippen molar-refractivity contribution in [3.63, 3.8) is 0 Å². The van der Waals surface area contributed by atoms with E-state index in [-0.39, 0.29) is 0 Å². The lowest BCUT2D eigenvalue weighted by molar-refractivity contribution is 0.342. The van der Waals surface area contributed by atoms with E-state index in [2.05, 4.69) is 0 Å². The lowest BCUT2D eigenvalue weighted by Gasteiger charge is -2.15. The highest BCUT2D eigenvalue weighted by atomic mass is 28.4. The van der Waals surface area contributed by atoms with Crippen LogP contribution in [0.4, 0.5) is 0 Å². The average Bonchev–Trinajstić information content (AvgIpc) is 2.45. The minimum Gasteiger partial charge on any atom is -0.392 e. The quantitative estimate of drug-likeness (QED) is 0.477. The van der Waals surface area contributed by atoms with E-state index >= 15 is 0 Å². The Balaban J connectivity index is 2.04. The third-order valence-corrected chi connectivity index (χ3v) is 5.87. The van der Waals surface area contributed by atoms with Crippen molar-refractivity contribution in [2.45, 2.75) is 24.9 Å². The van der Waals surface area contributed by atoms with Gasteiger partial charge in [0.15, 0.2) is 0 Å². The van der Waals surface area contributed by atoms with E-state index in [9.17, 15) is 0 Å². The SMILES string of the molecule is C1CC[Si]2(C1)OCCO2. The molecule has 2 fully saturated rings. The first kappa shape index (κ1) is 5.89. The summed E-state index contributed by atoms with van der Waals surface area (Å²) < 4.78 is 11.2. The van der Waals surface area contributed by atoms with Gasteiger partial charge in [-0.3, -0.25) is 0 Å². The van der Waals surface area contributed by atoms with E-state index < -0.39 is 8.56 Å². The zero-order valence-electron chi connectivity index (χ0n) is 5.56. The van der Waals surface area contributed by atoms with Crippen LogP contribution in [-0.2, 0) is 8.85 Å². The van der Waals surface area contributed by atoms with Crippen LogP contribution in [0.1, 0.15) is 12.8 Å². The summed E-state index contributed by atoms with van der Waals surface area (Å²) in [6, 6.07) is 2.51. The molecule has 9 heavy (non-hydrogen) atoms. The predicted molar refractivity (Wildman–Crippen MR) is 36.5 cm³/mol. The Bertz CT molecular complexity index is 86.1. The normalized spacial score (nSPS) is 32.0. The fourth-order valence-corrected chi connectivity index (χ4v) is 5.10. The van der Waals surface area contributed by atoms with Crippen LogP contribution in [0, 0.1) is 0 Å². The van der Waals surface area contributed by atoms with Gasteiger partial charge in [0.1, 0.15) is 0 Å². The Morgan fingerprint density at radius 1 is 0.889 bits per heavy atom. The molecule has 0 radical (unpaired) electrons. The molecule has 0 amide bonds. The molecule has 2 rings (SSSR count). The van der Waals surface area contributed by atoms with Crippen molar-refractivity contribution in [2.75, 3.05) is 13.2 Å². The Morgan fingerprint density at radius 2 is 1.44 bits per heavy atom. The number of hydrogen-bond acceptors (Lipinski definition) is 2. The molecule has 2 saturated heterocycles. The van der Waals surface area contributed by atoms with Crippen molar-refractivity contribution in [1.82, 2.24) is 0 Å². The third-order valence-electron chi connectivity index (χ3n) is 2.18. The second-order valence-electron chi connectivity index (χ2n) is 2.81. The second kappa shape index (κ2) is 2.07. The molecule has 52 valence electrons. The standard InChI is InChI=1S/C6H12O2Si/c1-2-6-9(5-1)7-3-4-8-9/h1-6H2. The number of rotatable bonds is 0. The van der Waals surface area contributed by atoms with E-state index in [0.29, 0.717) is 0 Å². The lowest BCUT2D eigenvalue weighted by Crippen LogP contribution is -2.31. The third kappa shape index (κ3) is 0.932. The summed E-state index contributed by atoms with van der Waals surface area (Å²) in [5, 5.41) is 0. The predicted octanol–water partition coefficient (Wildman–Crippen LogP) is 1.27. The molecule has 2 aliphatic heterocycles. The van der Waals surface area contributed by atoms with Gasteiger partial charge in [-0.15, -0.1) is 0 Å². The summed E-state index contributed by atoms with van der Waals surface area (Å²) in [6.07, 6.45) is 2.68. The molecule has 0 aromatic heterocycles. The van der Waals surface area contributed by atoms with Crippen molar-refractivity contribution in [2.24, 2.45) is 0 Å². The molecule has 2 aliphatic rings. The Morgan fingerprint density at radius 3 is 2.00 bits per heavy atom. The summed E-state index contributed by atoms with van der Waals surface area (Å²) >= 11 is 0. The molecule has 0 aromatic rings. The molecular formula is C6H12O2Si. The van der Waals surface area contributed by atoms with E-state index in [0.717, 1.165) is 13.2 Å². The maximum absolute atomic E-state index is 5.62. The zero-order chi connectivity index (χ0) is 6.16. The maximum Gasteiger partial charge on any atom is 0.338 e. The lowest BCUT2D eigenvalue weighted by atomic mass is 10.4. The van der Waals surface area contributed by atoms with E-state index in [1.54, 1.807) is 0 Å². The highest BCUT2D eigenvalue weighted by Gasteiger charge is 2.43. The van der Waals surface area contributed by atoms with Crippen LogP contribution in [0.3, 0.4) is 0 Å². The molecule has 0 unspecified atom stereocenters. The summed E-state index contributed by atoms with van der Waals surface area (Å²) in [5.74, 6) is 0. The molecular weight excluding hydrogens is 132 g/mol. The summed E-state index contributed by atoms with van der Waals surface area (Å²) in [7, 11) is -1.47. The summed E-state index contributed by atoms with van der Waals surface area (Å²) in [6.45, 7) is 1.73. The largest absolute Gasteiger partial charge is 0.392 e. The molecule has 0 aromatic carbocycles. The minimum atomic E-state index is -1.47. The smallest absolute Gasteiger partial charge is 0.338 e. The summed E-state index contributed by atoms with van der Waals surface area (Å²) in [4.78, 5) is 0. The van der Waals surface area contributed by atoms with Crippen molar-refractivity contribution >= 4 is 8.56 Å². The molecule has 2 heterocycles. The zero-order valence-corrected chi connectivity index (χ0v) is 6.56. The van der Waals surface area contributed by atoms with Gasteiger partial charge in [0.2, 0.25) is 0 Å². The van der Waals surface area contributed by atoms with Gasteiger partial charge in [-0.05, 0) is 12.1 Å². The van der Waals surface area contributed by atoms with Crippen molar-refractivity contribution in [3.05, 3.63) is 0 Å². The monoisotopic (exact) mass is 144 g/mol. The van der Waals surface area contributed by atoms with Gasteiger partial charge in [-0.2, -0.15) is 0 Å². The van der Waals surface area contributed by atoms with Crippen LogP contribution in [0.5, 0.6) is 0 Å². The molecule has 2 nitrogen and oxygen atoms in total. The molecule has 0 N–H and O–H groups in total. The van der Waals surface area contributed by atoms with Crippen molar-refractivity contribution < 1.29 is 8.85 Å². The highest BCUT2D eigenvalue weighted by Crippen LogP contribution is 2.34. The van der Waals surface area contributed by atoms with Gasteiger partial charge >= 0.3 is 8.56 Å². The van der Waals surface area contributed by atoms with Gasteiger partial charge in [0.05, 0.1) is 13.2 Å². The average molecular weight is 144 g/mol. The van der Waals surface area contributed by atoms with Crippen LogP contribution in [0.2, 0.25) is 12.1 Å². The van der Waals surface area contributed by atoms with Crippen LogP contribution in [0.25, 0.3) is 0 Å². The van der Waals surface area contributed by atoms with E-state index in [1.807, 2.05) is 0 Å².